The number of carbonyl (C=O) groups excluding carboxylic acids is 1. The summed E-state index contributed by atoms with van der Waals surface area (Å²) < 4.78 is 13.4. The third-order valence-electron chi connectivity index (χ3n) is 5.41. The number of thioether (sulfide) groups is 1. The topological polar surface area (TPSA) is 121 Å². The first-order valence-electron chi connectivity index (χ1n) is 11.4. The summed E-state index contributed by atoms with van der Waals surface area (Å²) in [5.41, 5.74) is 1.24. The molecule has 1 aromatic heterocycles. The summed E-state index contributed by atoms with van der Waals surface area (Å²) in [6.07, 6.45) is -0.484. The number of nitrogens with one attached hydrogen (secondary N) is 1. The molecular weight excluding hydrogens is 494 g/mol. The van der Waals surface area contributed by atoms with Gasteiger partial charge in [-0.3, -0.25) is 19.5 Å². The number of hydrogen-bond acceptors (Lipinski definition) is 8. The Morgan fingerprint density at radius 3 is 2.27 bits per heavy atom. The van der Waals surface area contributed by atoms with E-state index >= 15 is 0 Å². The maximum atomic E-state index is 12.9. The van der Waals surface area contributed by atoms with Crippen LogP contribution < -0.4 is 14.8 Å². The highest BCUT2D eigenvalue weighted by atomic mass is 32.2. The Morgan fingerprint density at radius 2 is 1.62 bits per heavy atom. The van der Waals surface area contributed by atoms with Gasteiger partial charge < -0.3 is 14.8 Å². The van der Waals surface area contributed by atoms with E-state index in [2.05, 4.69) is 15.5 Å². The van der Waals surface area contributed by atoms with Crippen LogP contribution in [-0.4, -0.2) is 38.0 Å². The van der Waals surface area contributed by atoms with Crippen LogP contribution in [0.15, 0.2) is 84.0 Å². The van der Waals surface area contributed by atoms with Gasteiger partial charge in [0, 0.05) is 23.5 Å². The molecule has 4 aromatic rings. The molecule has 1 N–H and O–H groups in total. The van der Waals surface area contributed by atoms with Crippen LogP contribution in [0.2, 0.25) is 0 Å². The number of nitrogens with zero attached hydrogens (tertiary/aromatic N) is 4. The minimum absolute atomic E-state index is 0.0478. The fourth-order valence-corrected chi connectivity index (χ4v) is 4.40. The average Bonchev–Trinajstić information content (AvgIpc) is 3.33. The Balaban J connectivity index is 1.56. The number of ether oxygens (including phenoxy) is 2. The summed E-state index contributed by atoms with van der Waals surface area (Å²) in [7, 11) is 1.58. The lowest BCUT2D eigenvalue weighted by Crippen LogP contribution is -2.23. The molecule has 0 radical (unpaired) electrons. The molecule has 0 saturated heterocycles. The van der Waals surface area contributed by atoms with Crippen molar-refractivity contribution in [1.82, 2.24) is 14.8 Å². The summed E-state index contributed by atoms with van der Waals surface area (Å²) in [5.74, 6) is 1.46. The quantitative estimate of drug-likeness (QED) is 0.167. The zero-order chi connectivity index (χ0) is 26.4. The van der Waals surface area contributed by atoms with Crippen molar-refractivity contribution in [3.05, 3.63) is 94.8 Å². The minimum Gasteiger partial charge on any atom is -0.493 e. The number of carbonyl (C=O) groups is 1. The minimum atomic E-state index is -0.542. The second-order valence-corrected chi connectivity index (χ2v) is 9.28. The predicted octanol–water partition coefficient (Wildman–Crippen LogP) is 5.44. The van der Waals surface area contributed by atoms with Crippen LogP contribution in [0.4, 0.5) is 11.4 Å². The molecule has 0 saturated carbocycles. The van der Waals surface area contributed by atoms with E-state index in [0.29, 0.717) is 28.2 Å². The van der Waals surface area contributed by atoms with Crippen molar-refractivity contribution < 1.29 is 19.2 Å². The van der Waals surface area contributed by atoms with Crippen molar-refractivity contribution in [2.75, 3.05) is 12.4 Å². The fourth-order valence-electron chi connectivity index (χ4n) is 3.52. The van der Waals surface area contributed by atoms with Gasteiger partial charge in [0.1, 0.15) is 0 Å². The Kier molecular flexibility index (Phi) is 8.04. The van der Waals surface area contributed by atoms with Gasteiger partial charge in [0.15, 0.2) is 28.6 Å². The predicted molar refractivity (Wildman–Crippen MR) is 140 cm³/mol. The maximum Gasteiger partial charge on any atom is 0.269 e. The number of rotatable bonds is 10. The van der Waals surface area contributed by atoms with Gasteiger partial charge in [0.2, 0.25) is 5.91 Å². The summed E-state index contributed by atoms with van der Waals surface area (Å²) in [6, 6.07) is 22.6. The van der Waals surface area contributed by atoms with Crippen LogP contribution >= 0.6 is 11.8 Å². The molecule has 0 aliphatic heterocycles. The van der Waals surface area contributed by atoms with Crippen LogP contribution in [0.3, 0.4) is 0 Å². The molecule has 0 spiro atoms. The van der Waals surface area contributed by atoms with E-state index in [0.717, 1.165) is 5.69 Å². The van der Waals surface area contributed by atoms with Crippen LogP contribution in [0.1, 0.15) is 25.8 Å². The van der Waals surface area contributed by atoms with Gasteiger partial charge in [-0.15, -0.1) is 10.2 Å². The van der Waals surface area contributed by atoms with Crippen LogP contribution in [0, 0.1) is 10.1 Å². The molecule has 2 unspecified atom stereocenters. The lowest BCUT2D eigenvalue weighted by molar-refractivity contribution is -0.384. The molecule has 10 nitrogen and oxygen atoms in total. The third-order valence-corrected chi connectivity index (χ3v) is 6.45. The third kappa shape index (κ3) is 6.07. The first kappa shape index (κ1) is 25.7. The molecule has 1 heterocycles. The molecule has 37 heavy (non-hydrogen) atoms. The zero-order valence-corrected chi connectivity index (χ0v) is 21.2. The van der Waals surface area contributed by atoms with E-state index in [-0.39, 0.29) is 11.6 Å². The number of benzene rings is 3. The van der Waals surface area contributed by atoms with Crippen LogP contribution in [-0.2, 0) is 4.79 Å². The highest BCUT2D eigenvalue weighted by molar-refractivity contribution is 8.00. The zero-order valence-electron chi connectivity index (χ0n) is 20.4. The molecule has 3 aromatic carbocycles. The molecule has 0 bridgehead atoms. The number of nitro benzene ring substituents is 1. The molecule has 0 aliphatic rings. The first-order valence-corrected chi connectivity index (χ1v) is 12.3. The second-order valence-electron chi connectivity index (χ2n) is 7.98. The Bertz CT molecular complexity index is 1380. The van der Waals surface area contributed by atoms with Gasteiger partial charge in [-0.1, -0.05) is 42.1 Å². The Labute approximate surface area is 217 Å². The van der Waals surface area contributed by atoms with Gasteiger partial charge in [0.25, 0.3) is 5.69 Å². The van der Waals surface area contributed by atoms with E-state index in [4.69, 9.17) is 9.47 Å². The summed E-state index contributed by atoms with van der Waals surface area (Å²) in [6.45, 7) is 3.62. The smallest absolute Gasteiger partial charge is 0.269 e. The number of methoxy groups -OCH3 is 1. The molecule has 2 atom stereocenters. The van der Waals surface area contributed by atoms with Crippen molar-refractivity contribution in [3.8, 4) is 17.2 Å². The summed E-state index contributed by atoms with van der Waals surface area (Å²) >= 11 is 1.24. The van der Waals surface area contributed by atoms with E-state index in [1.54, 1.807) is 14.0 Å². The van der Waals surface area contributed by atoms with E-state index in [1.807, 2.05) is 66.1 Å². The van der Waals surface area contributed by atoms with Gasteiger partial charge in [-0.2, -0.15) is 0 Å². The van der Waals surface area contributed by atoms with Crippen LogP contribution in [0.25, 0.3) is 5.69 Å². The molecule has 11 heteroatoms. The number of amides is 1. The van der Waals surface area contributed by atoms with Crippen molar-refractivity contribution in [2.24, 2.45) is 0 Å². The van der Waals surface area contributed by atoms with Gasteiger partial charge in [-0.25, -0.2) is 0 Å². The highest BCUT2D eigenvalue weighted by Gasteiger charge is 2.25. The Morgan fingerprint density at radius 1 is 0.973 bits per heavy atom. The van der Waals surface area contributed by atoms with E-state index < -0.39 is 16.3 Å². The molecule has 0 aliphatic carbocycles. The standard InChI is InChI=1S/C26H25N5O5S/c1-17(36-23-12-8-7-11-22(23)35-3)24-28-29-26(30(24)20-9-5-4-6-10-20)37-18(2)25(32)27-19-13-15-21(16-14-19)31(33)34/h4-18H,1-3H3,(H,27,32). The van der Waals surface area contributed by atoms with Crippen molar-refractivity contribution in [3.63, 3.8) is 0 Å². The molecule has 0 fully saturated rings. The van der Waals surface area contributed by atoms with Gasteiger partial charge in [0.05, 0.1) is 17.3 Å². The van der Waals surface area contributed by atoms with Crippen molar-refractivity contribution in [1.29, 1.82) is 0 Å². The van der Waals surface area contributed by atoms with Crippen LogP contribution in [0.5, 0.6) is 11.5 Å². The largest absolute Gasteiger partial charge is 0.493 e. The molecule has 1 amide bonds. The number of non-ortho nitro benzene ring substituents is 1. The monoisotopic (exact) mass is 519 g/mol. The average molecular weight is 520 g/mol. The lowest BCUT2D eigenvalue weighted by Gasteiger charge is -2.18. The van der Waals surface area contributed by atoms with E-state index in [1.165, 1.54) is 36.0 Å². The number of nitro groups is 1. The highest BCUT2D eigenvalue weighted by Crippen LogP contribution is 2.33. The normalized spacial score (nSPS) is 12.4. The summed E-state index contributed by atoms with van der Waals surface area (Å²) in [5, 5.41) is 22.4. The van der Waals surface area contributed by atoms with Gasteiger partial charge in [-0.05, 0) is 50.2 Å². The van der Waals surface area contributed by atoms with E-state index in [9.17, 15) is 14.9 Å². The second kappa shape index (κ2) is 11.6. The molecule has 4 rings (SSSR count). The SMILES string of the molecule is COc1ccccc1OC(C)c1nnc(SC(C)C(=O)Nc2ccc([N+](=O)[O-])cc2)n1-c1ccccc1. The first-order chi connectivity index (χ1) is 17.9. The number of para-hydroxylation sites is 3. The fraction of sp³-hybridized carbons (Fsp3) is 0.192. The molecule has 190 valence electrons. The summed E-state index contributed by atoms with van der Waals surface area (Å²) in [4.78, 5) is 23.2. The van der Waals surface area contributed by atoms with Gasteiger partial charge >= 0.3 is 0 Å². The lowest BCUT2D eigenvalue weighted by atomic mass is 10.3. The Hall–Kier alpha value is -4.38. The maximum absolute atomic E-state index is 12.9. The van der Waals surface area contributed by atoms with Crippen molar-refractivity contribution in [2.45, 2.75) is 30.4 Å². The number of anilines is 1. The molecular formula is C26H25N5O5S. The van der Waals surface area contributed by atoms with Crippen molar-refractivity contribution >= 4 is 29.0 Å². The number of hydrogen-bond donors (Lipinski definition) is 1. The number of aromatic nitrogens is 3.